The van der Waals surface area contributed by atoms with Crippen LogP contribution in [0, 0.1) is 0 Å². The third kappa shape index (κ3) is 2.44. The molecule has 4 heteroatoms. The molecule has 0 saturated carbocycles. The lowest BCUT2D eigenvalue weighted by molar-refractivity contribution is 0.0697. The molecule has 0 amide bonds. The summed E-state index contributed by atoms with van der Waals surface area (Å²) in [6.45, 7) is 0. The van der Waals surface area contributed by atoms with Gasteiger partial charge in [-0.2, -0.15) is 0 Å². The third-order valence-corrected chi connectivity index (χ3v) is 4.06. The lowest BCUT2D eigenvalue weighted by Crippen LogP contribution is -1.95. The molecule has 0 aliphatic heterocycles. The monoisotopic (exact) mass is 314 g/mol. The number of hydrogen-bond donors (Lipinski definition) is 2. The number of carbonyl (C=O) groups is 1. The van der Waals surface area contributed by atoms with Gasteiger partial charge in [-0.1, -0.05) is 42.5 Å². The Balaban J connectivity index is 1.86. The highest BCUT2D eigenvalue weighted by atomic mass is 16.4. The highest BCUT2D eigenvalue weighted by Crippen LogP contribution is 2.31. The van der Waals surface area contributed by atoms with Crippen LogP contribution in [-0.2, 0) is 0 Å². The Kier molecular flexibility index (Phi) is 3.35. The Labute approximate surface area is 138 Å². The van der Waals surface area contributed by atoms with Crippen LogP contribution in [0.2, 0.25) is 0 Å². The van der Waals surface area contributed by atoms with Crippen molar-refractivity contribution in [1.82, 2.24) is 9.97 Å². The number of carboxylic acids is 1. The number of benzene rings is 2. The minimum Gasteiger partial charge on any atom is -0.478 e. The molecule has 2 N–H and O–H groups in total. The van der Waals surface area contributed by atoms with E-state index in [2.05, 4.69) is 22.1 Å². The number of aromatic amines is 1. The number of nitrogens with one attached hydrogen (secondary N) is 1. The molecule has 24 heavy (non-hydrogen) atoms. The quantitative estimate of drug-likeness (QED) is 0.581. The molecular weight excluding hydrogens is 300 g/mol. The first kappa shape index (κ1) is 14.2. The zero-order valence-corrected chi connectivity index (χ0v) is 12.7. The van der Waals surface area contributed by atoms with Crippen LogP contribution in [0.25, 0.3) is 33.3 Å². The standard InChI is InChI=1S/C20H14N2O2/c23-20(24)15-8-4-7-14(9-15)16-10-17-18(12-22-19(17)21-11-16)13-5-2-1-3-6-13/h1-12H,(H,21,22)(H,23,24). The van der Waals surface area contributed by atoms with Crippen LogP contribution in [-0.4, -0.2) is 21.0 Å². The van der Waals surface area contributed by atoms with E-state index < -0.39 is 5.97 Å². The van der Waals surface area contributed by atoms with Gasteiger partial charge in [-0.05, 0) is 29.3 Å². The van der Waals surface area contributed by atoms with E-state index >= 15 is 0 Å². The molecule has 0 radical (unpaired) electrons. The average Bonchev–Trinajstić information content (AvgIpc) is 3.05. The molecule has 2 aromatic heterocycles. The smallest absolute Gasteiger partial charge is 0.335 e. The van der Waals surface area contributed by atoms with E-state index in [1.165, 1.54) is 0 Å². The second-order valence-electron chi connectivity index (χ2n) is 5.57. The second kappa shape index (κ2) is 5.66. The van der Waals surface area contributed by atoms with E-state index in [0.29, 0.717) is 0 Å². The molecule has 4 nitrogen and oxygen atoms in total. The normalized spacial score (nSPS) is 10.8. The molecule has 4 aromatic rings. The van der Waals surface area contributed by atoms with E-state index in [9.17, 15) is 4.79 Å². The van der Waals surface area contributed by atoms with Crippen LogP contribution in [0.4, 0.5) is 0 Å². The second-order valence-corrected chi connectivity index (χ2v) is 5.57. The average molecular weight is 314 g/mol. The predicted molar refractivity (Wildman–Crippen MR) is 93.9 cm³/mol. The van der Waals surface area contributed by atoms with Gasteiger partial charge in [0.1, 0.15) is 5.65 Å². The van der Waals surface area contributed by atoms with Gasteiger partial charge in [0.05, 0.1) is 5.56 Å². The van der Waals surface area contributed by atoms with Crippen molar-refractivity contribution >= 4 is 17.0 Å². The Morgan fingerprint density at radius 3 is 2.50 bits per heavy atom. The highest BCUT2D eigenvalue weighted by molar-refractivity contribution is 5.96. The van der Waals surface area contributed by atoms with E-state index in [-0.39, 0.29) is 5.56 Å². The summed E-state index contributed by atoms with van der Waals surface area (Å²) < 4.78 is 0. The van der Waals surface area contributed by atoms with Gasteiger partial charge in [0.25, 0.3) is 0 Å². The number of aromatic nitrogens is 2. The first-order chi connectivity index (χ1) is 11.7. The SMILES string of the molecule is O=C(O)c1cccc(-c2cnc3[nH]cc(-c4ccccc4)c3c2)c1. The summed E-state index contributed by atoms with van der Waals surface area (Å²) in [4.78, 5) is 18.8. The number of fused-ring (bicyclic) bond motifs is 1. The van der Waals surface area contributed by atoms with E-state index in [4.69, 9.17) is 5.11 Å². The lowest BCUT2D eigenvalue weighted by atomic mass is 10.0. The summed E-state index contributed by atoms with van der Waals surface area (Å²) >= 11 is 0. The van der Waals surface area contributed by atoms with Crippen LogP contribution in [0.15, 0.2) is 73.1 Å². The van der Waals surface area contributed by atoms with Gasteiger partial charge in [-0.3, -0.25) is 0 Å². The minimum atomic E-state index is -0.933. The summed E-state index contributed by atoms with van der Waals surface area (Å²) in [5, 5.41) is 10.2. The molecule has 4 rings (SSSR count). The topological polar surface area (TPSA) is 66.0 Å². The molecule has 0 aliphatic carbocycles. The van der Waals surface area contributed by atoms with Crippen molar-refractivity contribution < 1.29 is 9.90 Å². The molecule has 116 valence electrons. The number of carboxylic acid groups (broad SMARTS) is 1. The van der Waals surface area contributed by atoms with Gasteiger partial charge < -0.3 is 10.1 Å². The van der Waals surface area contributed by atoms with E-state index in [0.717, 1.165) is 33.3 Å². The van der Waals surface area contributed by atoms with Crippen LogP contribution in [0.1, 0.15) is 10.4 Å². The third-order valence-electron chi connectivity index (χ3n) is 4.06. The Hall–Kier alpha value is -3.40. The van der Waals surface area contributed by atoms with Gasteiger partial charge in [-0.15, -0.1) is 0 Å². The first-order valence-electron chi connectivity index (χ1n) is 7.58. The minimum absolute atomic E-state index is 0.268. The van der Waals surface area contributed by atoms with Crippen LogP contribution in [0.5, 0.6) is 0 Å². The molecule has 0 bridgehead atoms. The fourth-order valence-corrected chi connectivity index (χ4v) is 2.85. The van der Waals surface area contributed by atoms with Crippen LogP contribution < -0.4 is 0 Å². The zero-order valence-electron chi connectivity index (χ0n) is 12.7. The molecule has 0 saturated heterocycles. The van der Waals surface area contributed by atoms with Crippen molar-refractivity contribution in [2.24, 2.45) is 0 Å². The highest BCUT2D eigenvalue weighted by Gasteiger charge is 2.10. The van der Waals surface area contributed by atoms with Crippen molar-refractivity contribution in [3.05, 3.63) is 78.6 Å². The maximum atomic E-state index is 11.2. The van der Waals surface area contributed by atoms with Gasteiger partial charge in [-0.25, -0.2) is 9.78 Å². The number of nitrogens with zero attached hydrogens (tertiary/aromatic N) is 1. The molecule has 0 atom stereocenters. The maximum Gasteiger partial charge on any atom is 0.335 e. The van der Waals surface area contributed by atoms with Crippen LogP contribution in [0.3, 0.4) is 0 Å². The van der Waals surface area contributed by atoms with Crippen molar-refractivity contribution in [3.63, 3.8) is 0 Å². The van der Waals surface area contributed by atoms with Gasteiger partial charge in [0.2, 0.25) is 0 Å². The van der Waals surface area contributed by atoms with Gasteiger partial charge in [0.15, 0.2) is 0 Å². The fraction of sp³-hybridized carbons (Fsp3) is 0. The maximum absolute atomic E-state index is 11.2. The summed E-state index contributed by atoms with van der Waals surface area (Å²) in [5.74, 6) is -0.933. The summed E-state index contributed by atoms with van der Waals surface area (Å²) in [6, 6.07) is 19.0. The molecule has 0 unspecified atom stereocenters. The van der Waals surface area contributed by atoms with Gasteiger partial charge in [0, 0.05) is 28.9 Å². The largest absolute Gasteiger partial charge is 0.478 e. The predicted octanol–water partition coefficient (Wildman–Crippen LogP) is 4.60. The molecule has 2 aromatic carbocycles. The van der Waals surface area contributed by atoms with Gasteiger partial charge >= 0.3 is 5.97 Å². The molecular formula is C20H14N2O2. The van der Waals surface area contributed by atoms with Crippen LogP contribution >= 0.6 is 0 Å². The molecule has 0 fully saturated rings. The van der Waals surface area contributed by atoms with E-state index in [1.54, 1.807) is 24.4 Å². The summed E-state index contributed by atoms with van der Waals surface area (Å²) in [5.41, 5.74) is 5.00. The first-order valence-corrected chi connectivity index (χ1v) is 7.58. The van der Waals surface area contributed by atoms with Crippen molar-refractivity contribution in [2.75, 3.05) is 0 Å². The number of rotatable bonds is 3. The van der Waals surface area contributed by atoms with Crippen molar-refractivity contribution in [3.8, 4) is 22.3 Å². The Morgan fingerprint density at radius 1 is 0.917 bits per heavy atom. The summed E-state index contributed by atoms with van der Waals surface area (Å²) in [7, 11) is 0. The Bertz CT molecular complexity index is 1040. The van der Waals surface area contributed by atoms with Crippen molar-refractivity contribution in [2.45, 2.75) is 0 Å². The number of hydrogen-bond acceptors (Lipinski definition) is 2. The molecule has 0 spiro atoms. The Morgan fingerprint density at radius 2 is 1.71 bits per heavy atom. The molecule has 2 heterocycles. The number of aromatic carboxylic acids is 1. The lowest BCUT2D eigenvalue weighted by Gasteiger charge is -2.04. The number of pyridine rings is 1. The molecule has 0 aliphatic rings. The van der Waals surface area contributed by atoms with E-state index in [1.807, 2.05) is 36.5 Å². The number of H-pyrrole nitrogens is 1. The van der Waals surface area contributed by atoms with Crippen molar-refractivity contribution in [1.29, 1.82) is 0 Å². The fourth-order valence-electron chi connectivity index (χ4n) is 2.85. The zero-order chi connectivity index (χ0) is 16.5. The summed E-state index contributed by atoms with van der Waals surface area (Å²) in [6.07, 6.45) is 3.71.